The molecule has 0 aromatic carbocycles. The zero-order chi connectivity index (χ0) is 8.55. The average molecular weight is 166 g/mol. The van der Waals surface area contributed by atoms with Gasteiger partial charge in [0.1, 0.15) is 0 Å². The minimum absolute atomic E-state index is 1.02. The van der Waals surface area contributed by atoms with E-state index in [1.807, 2.05) is 0 Å². The lowest BCUT2D eigenvalue weighted by Crippen LogP contribution is -2.32. The lowest BCUT2D eigenvalue weighted by atomic mass is 9.64. The minimum atomic E-state index is 1.02. The van der Waals surface area contributed by atoms with Crippen LogP contribution in [0.25, 0.3) is 0 Å². The Labute approximate surface area is 76.7 Å². The molecule has 70 valence electrons. The van der Waals surface area contributed by atoms with Crippen molar-refractivity contribution in [1.82, 2.24) is 0 Å². The molecule has 0 bridgehead atoms. The van der Waals surface area contributed by atoms with Gasteiger partial charge in [0, 0.05) is 0 Å². The predicted molar refractivity (Wildman–Crippen MR) is 53.0 cm³/mol. The van der Waals surface area contributed by atoms with E-state index in [4.69, 9.17) is 0 Å². The third-order valence-corrected chi connectivity index (χ3v) is 4.28. The Bertz CT molecular complexity index is 150. The molecule has 0 amide bonds. The highest BCUT2D eigenvalue weighted by molar-refractivity contribution is 4.85. The van der Waals surface area contributed by atoms with Crippen molar-refractivity contribution < 1.29 is 0 Å². The molecule has 0 aliphatic heterocycles. The fourth-order valence-corrected chi connectivity index (χ4v) is 3.46. The molecule has 2 aliphatic rings. The van der Waals surface area contributed by atoms with Gasteiger partial charge in [0.05, 0.1) is 0 Å². The highest BCUT2D eigenvalue weighted by atomic mass is 14.4. The van der Waals surface area contributed by atoms with Gasteiger partial charge in [0.25, 0.3) is 0 Å². The maximum Gasteiger partial charge on any atom is -0.0358 e. The first-order valence-corrected chi connectivity index (χ1v) is 5.77. The van der Waals surface area contributed by atoms with Crippen LogP contribution in [0, 0.1) is 23.7 Å². The predicted octanol–water partition coefficient (Wildman–Crippen LogP) is 3.86. The van der Waals surface area contributed by atoms with Gasteiger partial charge in [-0.05, 0) is 36.5 Å². The van der Waals surface area contributed by atoms with E-state index in [-0.39, 0.29) is 0 Å². The molecule has 0 spiro atoms. The molecule has 0 unspecified atom stereocenters. The Kier molecular flexibility index (Phi) is 2.43. The van der Waals surface area contributed by atoms with E-state index in [2.05, 4.69) is 13.8 Å². The van der Waals surface area contributed by atoms with Crippen molar-refractivity contribution in [1.29, 1.82) is 0 Å². The van der Waals surface area contributed by atoms with E-state index in [0.29, 0.717) is 0 Å². The van der Waals surface area contributed by atoms with Gasteiger partial charge in [0.2, 0.25) is 0 Å². The summed E-state index contributed by atoms with van der Waals surface area (Å²) in [4.78, 5) is 0. The van der Waals surface area contributed by atoms with Crippen LogP contribution < -0.4 is 0 Å². The summed E-state index contributed by atoms with van der Waals surface area (Å²) in [7, 11) is 0. The standard InChI is InChI=1S/C12H22/c1-9-6-7-11-5-3-4-10(2)12(11)8-9/h9-12H,3-8H2,1-2H3/t9-,10+,11+,12-/m1/s1. The van der Waals surface area contributed by atoms with Crippen molar-refractivity contribution in [2.75, 3.05) is 0 Å². The zero-order valence-corrected chi connectivity index (χ0v) is 8.55. The molecule has 2 aliphatic carbocycles. The first kappa shape index (κ1) is 8.59. The molecule has 0 radical (unpaired) electrons. The molecule has 2 rings (SSSR count). The third kappa shape index (κ3) is 1.53. The van der Waals surface area contributed by atoms with Crippen LogP contribution in [0.1, 0.15) is 52.4 Å². The topological polar surface area (TPSA) is 0 Å². The SMILES string of the molecule is C[C@@H]1CC[C@@H]2CCC[C@H](C)[C@H]2C1. The summed E-state index contributed by atoms with van der Waals surface area (Å²) < 4.78 is 0. The number of rotatable bonds is 0. The van der Waals surface area contributed by atoms with Gasteiger partial charge in [-0.2, -0.15) is 0 Å². The monoisotopic (exact) mass is 166 g/mol. The summed E-state index contributed by atoms with van der Waals surface area (Å²) in [5.41, 5.74) is 0. The van der Waals surface area contributed by atoms with Crippen molar-refractivity contribution in [3.05, 3.63) is 0 Å². The van der Waals surface area contributed by atoms with Gasteiger partial charge < -0.3 is 0 Å². The van der Waals surface area contributed by atoms with Gasteiger partial charge in [-0.15, -0.1) is 0 Å². The summed E-state index contributed by atoms with van der Waals surface area (Å²) in [5, 5.41) is 0. The van der Waals surface area contributed by atoms with Crippen molar-refractivity contribution >= 4 is 0 Å². The molecular weight excluding hydrogens is 144 g/mol. The lowest BCUT2D eigenvalue weighted by molar-refractivity contribution is 0.0880. The van der Waals surface area contributed by atoms with Crippen LogP contribution in [0.5, 0.6) is 0 Å². The fourth-order valence-electron chi connectivity index (χ4n) is 3.46. The zero-order valence-electron chi connectivity index (χ0n) is 8.55. The van der Waals surface area contributed by atoms with Crippen LogP contribution in [0.4, 0.5) is 0 Å². The Hall–Kier alpha value is 0. The van der Waals surface area contributed by atoms with Crippen molar-refractivity contribution in [3.8, 4) is 0 Å². The normalized spacial score (nSPS) is 48.5. The van der Waals surface area contributed by atoms with Gasteiger partial charge in [-0.25, -0.2) is 0 Å². The van der Waals surface area contributed by atoms with Crippen molar-refractivity contribution in [2.24, 2.45) is 23.7 Å². The minimum Gasteiger partial charge on any atom is -0.0625 e. The maximum atomic E-state index is 2.48. The van der Waals surface area contributed by atoms with Crippen LogP contribution in [0.3, 0.4) is 0 Å². The molecule has 0 aromatic heterocycles. The quantitative estimate of drug-likeness (QED) is 0.512. The van der Waals surface area contributed by atoms with Gasteiger partial charge in [-0.3, -0.25) is 0 Å². The molecule has 0 N–H and O–H groups in total. The summed E-state index contributed by atoms with van der Waals surface area (Å²) >= 11 is 0. The first-order valence-electron chi connectivity index (χ1n) is 5.77. The highest BCUT2D eigenvalue weighted by Gasteiger charge is 2.34. The van der Waals surface area contributed by atoms with E-state index in [9.17, 15) is 0 Å². The second kappa shape index (κ2) is 3.40. The summed E-state index contributed by atoms with van der Waals surface area (Å²) in [6, 6.07) is 0. The summed E-state index contributed by atoms with van der Waals surface area (Å²) in [5.74, 6) is 4.27. The smallest absolute Gasteiger partial charge is 0.0358 e. The Morgan fingerprint density at radius 1 is 0.917 bits per heavy atom. The molecule has 12 heavy (non-hydrogen) atoms. The molecular formula is C12H22. The van der Waals surface area contributed by atoms with Gasteiger partial charge in [0.15, 0.2) is 0 Å². The maximum absolute atomic E-state index is 2.48. The van der Waals surface area contributed by atoms with Crippen molar-refractivity contribution in [3.63, 3.8) is 0 Å². The van der Waals surface area contributed by atoms with Crippen LogP contribution in [0.2, 0.25) is 0 Å². The molecule has 0 heterocycles. The Morgan fingerprint density at radius 3 is 2.58 bits per heavy atom. The third-order valence-electron chi connectivity index (χ3n) is 4.28. The van der Waals surface area contributed by atoms with Crippen LogP contribution in [-0.4, -0.2) is 0 Å². The van der Waals surface area contributed by atoms with Crippen LogP contribution in [0.15, 0.2) is 0 Å². The van der Waals surface area contributed by atoms with E-state index < -0.39 is 0 Å². The summed E-state index contributed by atoms with van der Waals surface area (Å²) in [6.07, 6.45) is 9.14. The second-order valence-corrected chi connectivity index (χ2v) is 5.25. The Balaban J connectivity index is 2.00. The highest BCUT2D eigenvalue weighted by Crippen LogP contribution is 2.45. The van der Waals surface area contributed by atoms with Gasteiger partial charge in [-0.1, -0.05) is 39.5 Å². The molecule has 2 saturated carbocycles. The van der Waals surface area contributed by atoms with Crippen LogP contribution >= 0.6 is 0 Å². The fraction of sp³-hybridized carbons (Fsp3) is 1.00. The number of fused-ring (bicyclic) bond motifs is 1. The lowest BCUT2D eigenvalue weighted by Gasteiger charge is -2.42. The van der Waals surface area contributed by atoms with Crippen LogP contribution in [-0.2, 0) is 0 Å². The largest absolute Gasteiger partial charge is 0.0625 e. The van der Waals surface area contributed by atoms with E-state index >= 15 is 0 Å². The first-order chi connectivity index (χ1) is 5.77. The molecule has 0 nitrogen and oxygen atoms in total. The number of hydrogen-bond donors (Lipinski definition) is 0. The van der Waals surface area contributed by atoms with Crippen molar-refractivity contribution in [2.45, 2.75) is 52.4 Å². The van der Waals surface area contributed by atoms with Gasteiger partial charge >= 0.3 is 0 Å². The molecule has 0 heteroatoms. The second-order valence-electron chi connectivity index (χ2n) is 5.25. The molecule has 2 fully saturated rings. The van der Waals surface area contributed by atoms with E-state index in [1.54, 1.807) is 6.42 Å². The molecule has 4 atom stereocenters. The van der Waals surface area contributed by atoms with E-state index in [0.717, 1.165) is 23.7 Å². The number of hydrogen-bond acceptors (Lipinski definition) is 0. The average Bonchev–Trinajstić information content (AvgIpc) is 2.07. The molecule has 0 aromatic rings. The Morgan fingerprint density at radius 2 is 1.75 bits per heavy atom. The van der Waals surface area contributed by atoms with E-state index in [1.165, 1.54) is 32.1 Å². The molecule has 0 saturated heterocycles. The summed E-state index contributed by atoms with van der Waals surface area (Å²) in [6.45, 7) is 4.92.